The maximum atomic E-state index is 10.2. The summed E-state index contributed by atoms with van der Waals surface area (Å²) in [6.07, 6.45) is 5.18. The smallest absolute Gasteiger partial charge is 0.0991 e. The molecule has 0 saturated heterocycles. The summed E-state index contributed by atoms with van der Waals surface area (Å²) in [5, 5.41) is 18.9. The maximum Gasteiger partial charge on any atom is 0.0991 e. The lowest BCUT2D eigenvalue weighted by molar-refractivity contribution is 0.139. The summed E-state index contributed by atoms with van der Waals surface area (Å²) in [4.78, 5) is 0. The summed E-state index contributed by atoms with van der Waals surface area (Å²) in [6.45, 7) is 4.38. The molecule has 1 aromatic carbocycles. The van der Waals surface area contributed by atoms with Crippen molar-refractivity contribution in [1.82, 2.24) is 0 Å². The third-order valence-corrected chi connectivity index (χ3v) is 3.52. The highest BCUT2D eigenvalue weighted by Crippen LogP contribution is 2.26. The van der Waals surface area contributed by atoms with Gasteiger partial charge in [0.15, 0.2) is 0 Å². The fraction of sp³-hybridized carbons (Fsp3) is 0.562. The van der Waals surface area contributed by atoms with Crippen LogP contribution in [0.5, 0.6) is 0 Å². The molecule has 2 unspecified atom stereocenters. The van der Waals surface area contributed by atoms with Crippen molar-refractivity contribution in [2.45, 2.75) is 52.1 Å². The van der Waals surface area contributed by atoms with Gasteiger partial charge in [0, 0.05) is 0 Å². The molecule has 0 spiro atoms. The van der Waals surface area contributed by atoms with E-state index < -0.39 is 6.10 Å². The Bertz CT molecular complexity index is 377. The number of rotatable bonds is 7. The Balaban J connectivity index is 2.57. The van der Waals surface area contributed by atoms with Gasteiger partial charge in [0.2, 0.25) is 0 Å². The minimum Gasteiger partial charge on any atom is -0.388 e. The molecule has 18 heavy (non-hydrogen) atoms. The summed E-state index contributed by atoms with van der Waals surface area (Å²) in [5.74, 6) is 0.593. The fourth-order valence-electron chi connectivity index (χ4n) is 2.21. The Labute approximate surface area is 110 Å². The van der Waals surface area contributed by atoms with E-state index in [0.29, 0.717) is 11.5 Å². The molecule has 0 heterocycles. The van der Waals surface area contributed by atoms with Crippen molar-refractivity contribution in [2.75, 3.05) is 0 Å². The van der Waals surface area contributed by atoms with Gasteiger partial charge in [-0.3, -0.25) is 0 Å². The first-order valence-electron chi connectivity index (χ1n) is 6.89. The molecule has 0 amide bonds. The second kappa shape index (κ2) is 7.89. The maximum absolute atomic E-state index is 10.2. The first kappa shape index (κ1) is 14.7. The minimum atomic E-state index is -0.403. The van der Waals surface area contributed by atoms with Crippen molar-refractivity contribution in [1.29, 1.82) is 5.26 Å². The van der Waals surface area contributed by atoms with E-state index in [4.69, 9.17) is 5.26 Å². The molecule has 2 nitrogen and oxygen atoms in total. The summed E-state index contributed by atoms with van der Waals surface area (Å²) < 4.78 is 0. The molecule has 2 atom stereocenters. The van der Waals surface area contributed by atoms with Crippen LogP contribution in [0.2, 0.25) is 0 Å². The molecular formula is C16H23NO. The molecule has 0 saturated carbocycles. The highest BCUT2D eigenvalue weighted by Gasteiger charge is 2.14. The minimum absolute atomic E-state index is 0.403. The summed E-state index contributed by atoms with van der Waals surface area (Å²) in [7, 11) is 0. The Morgan fingerprint density at radius 1 is 1.22 bits per heavy atom. The number of hydrogen-bond donors (Lipinski definition) is 1. The third-order valence-electron chi connectivity index (χ3n) is 3.52. The lowest BCUT2D eigenvalue weighted by Gasteiger charge is -2.19. The molecule has 0 fully saturated rings. The zero-order valence-corrected chi connectivity index (χ0v) is 11.4. The number of nitrogens with zero attached hydrogens (tertiary/aromatic N) is 1. The van der Waals surface area contributed by atoms with E-state index in [0.717, 1.165) is 18.4 Å². The van der Waals surface area contributed by atoms with Gasteiger partial charge in [-0.25, -0.2) is 0 Å². The molecule has 1 N–H and O–H groups in total. The predicted octanol–water partition coefficient (Wildman–Crippen LogP) is 4.20. The van der Waals surface area contributed by atoms with Crippen LogP contribution in [-0.2, 0) is 0 Å². The van der Waals surface area contributed by atoms with Crippen LogP contribution in [0.3, 0.4) is 0 Å². The van der Waals surface area contributed by atoms with Crippen LogP contribution in [-0.4, -0.2) is 5.11 Å². The Hall–Kier alpha value is -1.33. The second-order valence-electron chi connectivity index (χ2n) is 4.90. The van der Waals surface area contributed by atoms with E-state index in [1.54, 1.807) is 12.1 Å². The van der Waals surface area contributed by atoms with Crippen LogP contribution in [0.1, 0.15) is 63.2 Å². The molecule has 0 bridgehead atoms. The Morgan fingerprint density at radius 2 is 1.89 bits per heavy atom. The summed E-state index contributed by atoms with van der Waals surface area (Å²) in [5.41, 5.74) is 1.56. The summed E-state index contributed by atoms with van der Waals surface area (Å²) >= 11 is 0. The lowest BCUT2D eigenvalue weighted by Crippen LogP contribution is -2.07. The molecule has 2 heteroatoms. The monoisotopic (exact) mass is 245 g/mol. The molecule has 98 valence electrons. The highest BCUT2D eigenvalue weighted by atomic mass is 16.3. The van der Waals surface area contributed by atoms with Gasteiger partial charge in [0.05, 0.1) is 17.7 Å². The van der Waals surface area contributed by atoms with Crippen molar-refractivity contribution in [3.63, 3.8) is 0 Å². The van der Waals surface area contributed by atoms with E-state index in [2.05, 4.69) is 19.9 Å². The van der Waals surface area contributed by atoms with Gasteiger partial charge in [-0.2, -0.15) is 5.26 Å². The second-order valence-corrected chi connectivity index (χ2v) is 4.90. The molecule has 0 radical (unpaired) electrons. The Morgan fingerprint density at radius 3 is 2.39 bits per heavy atom. The van der Waals surface area contributed by atoms with Crippen LogP contribution < -0.4 is 0 Å². The number of aliphatic hydroxyl groups is 1. The molecule has 1 rings (SSSR count). The van der Waals surface area contributed by atoms with Gasteiger partial charge in [0.25, 0.3) is 0 Å². The van der Waals surface area contributed by atoms with Crippen molar-refractivity contribution >= 4 is 0 Å². The van der Waals surface area contributed by atoms with E-state index in [1.807, 2.05) is 12.1 Å². The molecule has 0 aliphatic carbocycles. The van der Waals surface area contributed by atoms with Gasteiger partial charge >= 0.3 is 0 Å². The topological polar surface area (TPSA) is 44.0 Å². The predicted molar refractivity (Wildman–Crippen MR) is 74.0 cm³/mol. The molecular weight excluding hydrogens is 222 g/mol. The first-order valence-corrected chi connectivity index (χ1v) is 6.89. The average Bonchev–Trinajstić information content (AvgIpc) is 2.43. The van der Waals surface area contributed by atoms with E-state index in [1.165, 1.54) is 19.3 Å². The van der Waals surface area contributed by atoms with Gasteiger partial charge in [-0.15, -0.1) is 0 Å². The number of aliphatic hydroxyl groups excluding tert-OH is 1. The molecule has 0 aromatic heterocycles. The van der Waals surface area contributed by atoms with E-state index in [9.17, 15) is 5.11 Å². The number of nitriles is 1. The fourth-order valence-corrected chi connectivity index (χ4v) is 2.21. The van der Waals surface area contributed by atoms with E-state index >= 15 is 0 Å². The number of benzene rings is 1. The quantitative estimate of drug-likeness (QED) is 0.782. The summed E-state index contributed by atoms with van der Waals surface area (Å²) in [6, 6.07) is 9.34. The van der Waals surface area contributed by atoms with Crippen LogP contribution in [0.15, 0.2) is 24.3 Å². The van der Waals surface area contributed by atoms with Crippen LogP contribution in [0.25, 0.3) is 0 Å². The normalized spacial score (nSPS) is 13.9. The van der Waals surface area contributed by atoms with Gasteiger partial charge < -0.3 is 5.11 Å². The van der Waals surface area contributed by atoms with Crippen molar-refractivity contribution < 1.29 is 5.11 Å². The van der Waals surface area contributed by atoms with Crippen LogP contribution in [0.4, 0.5) is 0 Å². The molecule has 1 aromatic rings. The first-order chi connectivity index (χ1) is 8.71. The van der Waals surface area contributed by atoms with Gasteiger partial charge in [0.1, 0.15) is 0 Å². The number of unbranched alkanes of at least 4 members (excludes halogenated alkanes) is 1. The zero-order chi connectivity index (χ0) is 13.4. The van der Waals surface area contributed by atoms with E-state index in [-0.39, 0.29) is 0 Å². The highest BCUT2D eigenvalue weighted by molar-refractivity contribution is 5.32. The van der Waals surface area contributed by atoms with Gasteiger partial charge in [-0.05, 0) is 30.0 Å². The SMILES string of the molecule is CCCCC(CC)CC(O)c1ccc(C#N)cc1. The molecule has 0 aliphatic rings. The van der Waals surface area contributed by atoms with Crippen LogP contribution in [0, 0.1) is 17.2 Å². The largest absolute Gasteiger partial charge is 0.388 e. The van der Waals surface area contributed by atoms with Crippen LogP contribution >= 0.6 is 0 Å². The Kier molecular flexibility index (Phi) is 6.46. The van der Waals surface area contributed by atoms with Crippen molar-refractivity contribution in [3.8, 4) is 6.07 Å². The van der Waals surface area contributed by atoms with Crippen molar-refractivity contribution in [3.05, 3.63) is 35.4 Å². The van der Waals surface area contributed by atoms with Gasteiger partial charge in [-0.1, -0.05) is 51.7 Å². The zero-order valence-electron chi connectivity index (χ0n) is 11.4. The lowest BCUT2D eigenvalue weighted by atomic mass is 9.90. The van der Waals surface area contributed by atoms with Crippen molar-refractivity contribution in [2.24, 2.45) is 5.92 Å². The third kappa shape index (κ3) is 4.50. The standard InChI is InChI=1S/C16H23NO/c1-3-5-6-13(4-2)11-16(18)15-9-7-14(12-17)8-10-15/h7-10,13,16,18H,3-6,11H2,1-2H3. The molecule has 0 aliphatic heterocycles. The number of hydrogen-bond acceptors (Lipinski definition) is 2. The average molecular weight is 245 g/mol.